The zero-order chi connectivity index (χ0) is 8.32. The van der Waals surface area contributed by atoms with Crippen molar-refractivity contribution in [2.75, 3.05) is 19.8 Å². The SMILES string of the molecule is CC1(C(N)CO)CCOCC1. The van der Waals surface area contributed by atoms with Crippen LogP contribution in [-0.2, 0) is 4.74 Å². The van der Waals surface area contributed by atoms with Gasteiger partial charge in [0.25, 0.3) is 0 Å². The molecular weight excluding hydrogens is 142 g/mol. The second-order valence-electron chi connectivity index (χ2n) is 3.56. The molecule has 1 aliphatic rings. The summed E-state index contributed by atoms with van der Waals surface area (Å²) in [6.07, 6.45) is 1.93. The van der Waals surface area contributed by atoms with E-state index >= 15 is 0 Å². The van der Waals surface area contributed by atoms with E-state index in [1.54, 1.807) is 0 Å². The number of hydrogen-bond acceptors (Lipinski definition) is 3. The first-order chi connectivity index (χ1) is 5.19. The van der Waals surface area contributed by atoms with E-state index in [0.29, 0.717) is 0 Å². The van der Waals surface area contributed by atoms with Crippen LogP contribution in [-0.4, -0.2) is 31.0 Å². The molecule has 1 rings (SSSR count). The Labute approximate surface area is 67.5 Å². The molecule has 0 bridgehead atoms. The predicted octanol–water partition coefficient (Wildman–Crippen LogP) is 0.123. The van der Waals surface area contributed by atoms with E-state index in [9.17, 15) is 0 Å². The van der Waals surface area contributed by atoms with Gasteiger partial charge in [-0.3, -0.25) is 0 Å². The van der Waals surface area contributed by atoms with E-state index in [2.05, 4.69) is 6.92 Å². The number of aliphatic hydroxyl groups excluding tert-OH is 1. The molecule has 3 N–H and O–H groups in total. The van der Waals surface area contributed by atoms with Crippen LogP contribution in [0.5, 0.6) is 0 Å². The second-order valence-corrected chi connectivity index (χ2v) is 3.56. The summed E-state index contributed by atoms with van der Waals surface area (Å²) in [5.41, 5.74) is 5.87. The van der Waals surface area contributed by atoms with Gasteiger partial charge in [-0.05, 0) is 18.3 Å². The molecule has 0 aromatic rings. The highest BCUT2D eigenvalue weighted by Gasteiger charge is 2.32. The largest absolute Gasteiger partial charge is 0.395 e. The molecule has 3 heteroatoms. The lowest BCUT2D eigenvalue weighted by atomic mass is 9.76. The van der Waals surface area contributed by atoms with E-state index < -0.39 is 0 Å². The van der Waals surface area contributed by atoms with Crippen molar-refractivity contribution in [3.05, 3.63) is 0 Å². The summed E-state index contributed by atoms with van der Waals surface area (Å²) in [5, 5.41) is 8.89. The summed E-state index contributed by atoms with van der Waals surface area (Å²) < 4.78 is 5.22. The standard InChI is InChI=1S/C8H17NO2/c1-8(7(9)6-10)2-4-11-5-3-8/h7,10H,2-6,9H2,1H3. The summed E-state index contributed by atoms with van der Waals surface area (Å²) in [5.74, 6) is 0. The maximum Gasteiger partial charge on any atom is 0.0587 e. The smallest absolute Gasteiger partial charge is 0.0587 e. The van der Waals surface area contributed by atoms with Crippen molar-refractivity contribution < 1.29 is 9.84 Å². The van der Waals surface area contributed by atoms with Crippen molar-refractivity contribution >= 4 is 0 Å². The van der Waals surface area contributed by atoms with E-state index in [1.807, 2.05) is 0 Å². The zero-order valence-corrected chi connectivity index (χ0v) is 7.05. The molecule has 66 valence electrons. The van der Waals surface area contributed by atoms with Gasteiger partial charge in [0.1, 0.15) is 0 Å². The van der Waals surface area contributed by atoms with Gasteiger partial charge in [-0.1, -0.05) is 6.92 Å². The number of nitrogens with two attached hydrogens (primary N) is 1. The molecule has 0 aromatic heterocycles. The van der Waals surface area contributed by atoms with Crippen LogP contribution < -0.4 is 5.73 Å². The molecule has 0 saturated carbocycles. The Balaban J connectivity index is 2.49. The first-order valence-corrected chi connectivity index (χ1v) is 4.13. The molecule has 0 amide bonds. The number of ether oxygens (including phenoxy) is 1. The Kier molecular flexibility index (Phi) is 2.87. The first kappa shape index (κ1) is 8.97. The lowest BCUT2D eigenvalue weighted by Gasteiger charge is -2.37. The minimum Gasteiger partial charge on any atom is -0.395 e. The maximum atomic E-state index is 8.89. The fraction of sp³-hybridized carbons (Fsp3) is 1.00. The topological polar surface area (TPSA) is 55.5 Å². The molecule has 1 fully saturated rings. The third-order valence-corrected chi connectivity index (χ3v) is 2.73. The summed E-state index contributed by atoms with van der Waals surface area (Å²) in [6.45, 7) is 3.77. The third-order valence-electron chi connectivity index (χ3n) is 2.73. The van der Waals surface area contributed by atoms with Gasteiger partial charge in [-0.2, -0.15) is 0 Å². The summed E-state index contributed by atoms with van der Waals surface area (Å²) >= 11 is 0. The van der Waals surface area contributed by atoms with Crippen LogP contribution in [0, 0.1) is 5.41 Å². The molecule has 1 saturated heterocycles. The van der Waals surface area contributed by atoms with Crippen LogP contribution in [0.4, 0.5) is 0 Å². The molecule has 0 aromatic carbocycles. The Morgan fingerprint density at radius 2 is 2.09 bits per heavy atom. The van der Waals surface area contributed by atoms with Gasteiger partial charge in [-0.15, -0.1) is 0 Å². The molecule has 1 unspecified atom stereocenters. The highest BCUT2D eigenvalue weighted by molar-refractivity contribution is 4.86. The van der Waals surface area contributed by atoms with E-state index in [0.717, 1.165) is 26.1 Å². The molecule has 0 spiro atoms. The molecule has 0 aliphatic carbocycles. The Morgan fingerprint density at radius 1 is 1.55 bits per heavy atom. The van der Waals surface area contributed by atoms with Crippen LogP contribution in [0.1, 0.15) is 19.8 Å². The van der Waals surface area contributed by atoms with E-state index in [4.69, 9.17) is 15.6 Å². The fourth-order valence-corrected chi connectivity index (χ4v) is 1.43. The average Bonchev–Trinajstić information content (AvgIpc) is 2.04. The van der Waals surface area contributed by atoms with E-state index in [-0.39, 0.29) is 18.1 Å². The molecule has 1 aliphatic heterocycles. The van der Waals surface area contributed by atoms with Gasteiger partial charge < -0.3 is 15.6 Å². The summed E-state index contributed by atoms with van der Waals surface area (Å²) in [7, 11) is 0. The van der Waals surface area contributed by atoms with Crippen molar-refractivity contribution in [2.45, 2.75) is 25.8 Å². The molecule has 1 atom stereocenters. The van der Waals surface area contributed by atoms with Gasteiger partial charge in [0, 0.05) is 19.3 Å². The van der Waals surface area contributed by atoms with Crippen molar-refractivity contribution in [3.8, 4) is 0 Å². The van der Waals surface area contributed by atoms with Crippen molar-refractivity contribution in [2.24, 2.45) is 11.1 Å². The average molecular weight is 159 g/mol. The second kappa shape index (κ2) is 3.52. The van der Waals surface area contributed by atoms with Crippen LogP contribution in [0.3, 0.4) is 0 Å². The van der Waals surface area contributed by atoms with Gasteiger partial charge in [0.15, 0.2) is 0 Å². The Bertz CT molecular complexity index is 121. The van der Waals surface area contributed by atoms with Gasteiger partial charge >= 0.3 is 0 Å². The van der Waals surface area contributed by atoms with Crippen molar-refractivity contribution in [1.29, 1.82) is 0 Å². The van der Waals surface area contributed by atoms with E-state index in [1.165, 1.54) is 0 Å². The molecule has 11 heavy (non-hydrogen) atoms. The van der Waals surface area contributed by atoms with Crippen LogP contribution >= 0.6 is 0 Å². The highest BCUT2D eigenvalue weighted by atomic mass is 16.5. The predicted molar refractivity (Wildman–Crippen MR) is 43.2 cm³/mol. The summed E-state index contributed by atoms with van der Waals surface area (Å²) in [6, 6.07) is -0.0913. The lowest BCUT2D eigenvalue weighted by Crippen LogP contribution is -2.45. The van der Waals surface area contributed by atoms with Crippen molar-refractivity contribution in [1.82, 2.24) is 0 Å². The van der Waals surface area contributed by atoms with Gasteiger partial charge in [-0.25, -0.2) is 0 Å². The minimum atomic E-state index is -0.0913. The number of aliphatic hydroxyl groups is 1. The number of rotatable bonds is 2. The monoisotopic (exact) mass is 159 g/mol. The van der Waals surface area contributed by atoms with Crippen molar-refractivity contribution in [3.63, 3.8) is 0 Å². The normalized spacial score (nSPS) is 26.5. The van der Waals surface area contributed by atoms with Crippen LogP contribution in [0.2, 0.25) is 0 Å². The summed E-state index contributed by atoms with van der Waals surface area (Å²) in [4.78, 5) is 0. The van der Waals surface area contributed by atoms with Gasteiger partial charge in [0.05, 0.1) is 6.61 Å². The third kappa shape index (κ3) is 1.92. The Hall–Kier alpha value is -0.120. The fourth-order valence-electron chi connectivity index (χ4n) is 1.43. The quantitative estimate of drug-likeness (QED) is 0.602. The molecule has 1 heterocycles. The number of hydrogen-bond donors (Lipinski definition) is 2. The first-order valence-electron chi connectivity index (χ1n) is 4.13. The van der Waals surface area contributed by atoms with Gasteiger partial charge in [0.2, 0.25) is 0 Å². The minimum absolute atomic E-state index is 0.0799. The highest BCUT2D eigenvalue weighted by Crippen LogP contribution is 2.32. The maximum absolute atomic E-state index is 8.89. The van der Waals surface area contributed by atoms with Crippen LogP contribution in [0.25, 0.3) is 0 Å². The molecule has 3 nitrogen and oxygen atoms in total. The lowest BCUT2D eigenvalue weighted by molar-refractivity contribution is 0.00101. The molecular formula is C8H17NO2. The molecule has 0 radical (unpaired) electrons. The zero-order valence-electron chi connectivity index (χ0n) is 7.05. The van der Waals surface area contributed by atoms with Crippen LogP contribution in [0.15, 0.2) is 0 Å². The Morgan fingerprint density at radius 3 is 2.55 bits per heavy atom.